The van der Waals surface area contributed by atoms with E-state index in [1.165, 1.54) is 5.56 Å². The lowest BCUT2D eigenvalue weighted by atomic mass is 10.1. The molecule has 5 nitrogen and oxygen atoms in total. The number of carbonyl (C=O) groups is 1. The maximum atomic E-state index is 11.9. The van der Waals surface area contributed by atoms with Crippen LogP contribution in [0.5, 0.6) is 0 Å². The topological polar surface area (TPSA) is 59.0 Å². The summed E-state index contributed by atoms with van der Waals surface area (Å²) in [6.45, 7) is 0.965. The van der Waals surface area contributed by atoms with Crippen LogP contribution in [0.4, 0.5) is 11.4 Å². The molecule has 18 heavy (non-hydrogen) atoms. The lowest BCUT2D eigenvalue weighted by Crippen LogP contribution is -2.13. The number of anilines is 2. The van der Waals surface area contributed by atoms with Crippen molar-refractivity contribution in [3.63, 3.8) is 0 Å². The average molecular weight is 242 g/mol. The van der Waals surface area contributed by atoms with Gasteiger partial charge in [-0.2, -0.15) is 5.10 Å². The molecule has 1 aliphatic rings. The van der Waals surface area contributed by atoms with E-state index in [1.54, 1.807) is 24.0 Å². The van der Waals surface area contributed by atoms with E-state index in [-0.39, 0.29) is 5.91 Å². The monoisotopic (exact) mass is 242 g/mol. The smallest absolute Gasteiger partial charge is 0.276 e. The molecule has 0 aliphatic carbocycles. The van der Waals surface area contributed by atoms with Crippen molar-refractivity contribution in [2.75, 3.05) is 17.2 Å². The Kier molecular flexibility index (Phi) is 2.51. The van der Waals surface area contributed by atoms with Crippen LogP contribution in [-0.2, 0) is 13.5 Å². The molecule has 5 heteroatoms. The number of aryl methyl sites for hydroxylation is 1. The van der Waals surface area contributed by atoms with Crippen molar-refractivity contribution in [1.29, 1.82) is 0 Å². The Morgan fingerprint density at radius 3 is 3.11 bits per heavy atom. The molecule has 2 aromatic rings. The molecule has 3 rings (SSSR count). The molecular weight excluding hydrogens is 228 g/mol. The van der Waals surface area contributed by atoms with Crippen LogP contribution in [0.3, 0.4) is 0 Å². The molecule has 1 amide bonds. The zero-order valence-electron chi connectivity index (χ0n) is 10.1. The van der Waals surface area contributed by atoms with Crippen LogP contribution in [0.1, 0.15) is 16.1 Å². The summed E-state index contributed by atoms with van der Waals surface area (Å²) in [5.74, 6) is -0.179. The summed E-state index contributed by atoms with van der Waals surface area (Å²) in [5, 5.41) is 10.2. The molecular formula is C13H14N4O. The van der Waals surface area contributed by atoms with E-state index in [0.717, 1.165) is 24.3 Å². The Bertz CT molecular complexity index is 603. The Hall–Kier alpha value is -2.30. The first-order valence-electron chi connectivity index (χ1n) is 5.90. The molecule has 1 aromatic heterocycles. The van der Waals surface area contributed by atoms with Gasteiger partial charge in [-0.15, -0.1) is 0 Å². The van der Waals surface area contributed by atoms with Crippen molar-refractivity contribution in [1.82, 2.24) is 9.78 Å². The number of rotatable bonds is 2. The molecule has 0 radical (unpaired) electrons. The lowest BCUT2D eigenvalue weighted by molar-refractivity contribution is 0.102. The largest absolute Gasteiger partial charge is 0.384 e. The molecule has 92 valence electrons. The zero-order chi connectivity index (χ0) is 12.5. The molecule has 0 spiro atoms. The molecule has 0 atom stereocenters. The lowest BCUT2D eigenvalue weighted by Gasteiger charge is -2.05. The fourth-order valence-electron chi connectivity index (χ4n) is 2.11. The third-order valence-corrected chi connectivity index (χ3v) is 3.02. The number of benzene rings is 1. The standard InChI is InChI=1S/C13H14N4O/c1-17-7-5-12(16-17)13(18)15-10-2-3-11-9(8-10)4-6-14-11/h2-3,5,7-8,14H,4,6H2,1H3,(H,15,18). The first kappa shape index (κ1) is 10.8. The molecule has 1 aromatic carbocycles. The average Bonchev–Trinajstić information content (AvgIpc) is 2.96. The molecule has 0 fully saturated rings. The van der Waals surface area contributed by atoms with Crippen molar-refractivity contribution in [2.45, 2.75) is 6.42 Å². The zero-order valence-corrected chi connectivity index (χ0v) is 10.1. The summed E-state index contributed by atoms with van der Waals surface area (Å²) < 4.78 is 1.61. The summed E-state index contributed by atoms with van der Waals surface area (Å²) in [6.07, 6.45) is 2.75. The van der Waals surface area contributed by atoms with Gasteiger partial charge < -0.3 is 10.6 Å². The summed E-state index contributed by atoms with van der Waals surface area (Å²) >= 11 is 0. The maximum Gasteiger partial charge on any atom is 0.276 e. The predicted octanol–water partition coefficient (Wildman–Crippen LogP) is 1.64. The normalized spacial score (nSPS) is 12.9. The van der Waals surface area contributed by atoms with Crippen LogP contribution in [0, 0.1) is 0 Å². The van der Waals surface area contributed by atoms with Crippen molar-refractivity contribution in [3.8, 4) is 0 Å². The van der Waals surface area contributed by atoms with Gasteiger partial charge in [-0.25, -0.2) is 0 Å². The highest BCUT2D eigenvalue weighted by atomic mass is 16.1. The van der Waals surface area contributed by atoms with E-state index in [2.05, 4.69) is 15.7 Å². The predicted molar refractivity (Wildman–Crippen MR) is 69.8 cm³/mol. The highest BCUT2D eigenvalue weighted by Gasteiger charge is 2.13. The number of nitrogens with one attached hydrogen (secondary N) is 2. The van der Waals surface area contributed by atoms with Crippen molar-refractivity contribution in [3.05, 3.63) is 41.7 Å². The molecule has 2 heterocycles. The summed E-state index contributed by atoms with van der Waals surface area (Å²) in [5.41, 5.74) is 3.64. The van der Waals surface area contributed by atoms with Crippen molar-refractivity contribution < 1.29 is 4.79 Å². The second kappa shape index (κ2) is 4.18. The molecule has 0 unspecified atom stereocenters. The van der Waals surface area contributed by atoms with Crippen LogP contribution in [0.2, 0.25) is 0 Å². The van der Waals surface area contributed by atoms with Gasteiger partial charge in [0.2, 0.25) is 0 Å². The molecule has 0 saturated heterocycles. The first-order chi connectivity index (χ1) is 8.72. The van der Waals surface area contributed by atoms with Gasteiger partial charge in [-0.1, -0.05) is 0 Å². The van der Waals surface area contributed by atoms with E-state index in [9.17, 15) is 4.79 Å². The van der Waals surface area contributed by atoms with E-state index < -0.39 is 0 Å². The first-order valence-corrected chi connectivity index (χ1v) is 5.90. The molecule has 0 bridgehead atoms. The number of carbonyl (C=O) groups excluding carboxylic acids is 1. The number of aromatic nitrogens is 2. The SMILES string of the molecule is Cn1ccc(C(=O)Nc2ccc3c(c2)CCN3)n1. The van der Waals surface area contributed by atoms with Gasteiger partial charge in [0.05, 0.1) is 0 Å². The number of fused-ring (bicyclic) bond motifs is 1. The Morgan fingerprint density at radius 2 is 2.33 bits per heavy atom. The summed E-state index contributed by atoms with van der Waals surface area (Å²) in [6, 6.07) is 7.61. The minimum atomic E-state index is -0.179. The third-order valence-electron chi connectivity index (χ3n) is 3.02. The third kappa shape index (κ3) is 1.95. The van der Waals surface area contributed by atoms with E-state index >= 15 is 0 Å². The second-order valence-corrected chi connectivity index (χ2v) is 4.38. The van der Waals surface area contributed by atoms with Crippen molar-refractivity contribution >= 4 is 17.3 Å². The highest BCUT2D eigenvalue weighted by molar-refractivity contribution is 6.02. The van der Waals surface area contributed by atoms with Crippen LogP contribution >= 0.6 is 0 Å². The highest BCUT2D eigenvalue weighted by Crippen LogP contribution is 2.25. The number of amides is 1. The van der Waals surface area contributed by atoms with E-state index in [0.29, 0.717) is 5.69 Å². The van der Waals surface area contributed by atoms with Crippen LogP contribution < -0.4 is 10.6 Å². The maximum absolute atomic E-state index is 11.9. The molecule has 0 saturated carbocycles. The number of nitrogens with zero attached hydrogens (tertiary/aromatic N) is 2. The van der Waals surface area contributed by atoms with Gasteiger partial charge in [0.15, 0.2) is 5.69 Å². The minimum absolute atomic E-state index is 0.179. The minimum Gasteiger partial charge on any atom is -0.384 e. The number of hydrogen-bond donors (Lipinski definition) is 2. The van der Waals surface area contributed by atoms with E-state index in [4.69, 9.17) is 0 Å². The molecule has 1 aliphatic heterocycles. The van der Waals surface area contributed by atoms with Gasteiger partial charge in [-0.3, -0.25) is 9.48 Å². The Balaban J connectivity index is 1.78. The number of hydrogen-bond acceptors (Lipinski definition) is 3. The van der Waals surface area contributed by atoms with Crippen molar-refractivity contribution in [2.24, 2.45) is 7.05 Å². The summed E-state index contributed by atoms with van der Waals surface area (Å²) in [7, 11) is 1.79. The van der Waals surface area contributed by atoms with Gasteiger partial charge in [0.1, 0.15) is 0 Å². The van der Waals surface area contributed by atoms with Gasteiger partial charge >= 0.3 is 0 Å². The van der Waals surface area contributed by atoms with Gasteiger partial charge in [0, 0.05) is 31.2 Å². The summed E-state index contributed by atoms with van der Waals surface area (Å²) in [4.78, 5) is 11.9. The molecule has 2 N–H and O–H groups in total. The fraction of sp³-hybridized carbons (Fsp3) is 0.231. The Morgan fingerprint density at radius 1 is 1.44 bits per heavy atom. The van der Waals surface area contributed by atoms with E-state index in [1.807, 2.05) is 18.2 Å². The second-order valence-electron chi connectivity index (χ2n) is 4.38. The van der Waals surface area contributed by atoms with Crippen LogP contribution in [-0.4, -0.2) is 22.2 Å². The fourth-order valence-corrected chi connectivity index (χ4v) is 2.11. The van der Waals surface area contributed by atoms with Crippen LogP contribution in [0.15, 0.2) is 30.5 Å². The quantitative estimate of drug-likeness (QED) is 0.841. The van der Waals surface area contributed by atoms with Gasteiger partial charge in [-0.05, 0) is 36.2 Å². The van der Waals surface area contributed by atoms with Crippen LogP contribution in [0.25, 0.3) is 0 Å². The van der Waals surface area contributed by atoms with Gasteiger partial charge in [0.25, 0.3) is 5.91 Å². The Labute approximate surface area is 105 Å².